The van der Waals surface area contributed by atoms with Gasteiger partial charge in [0.05, 0.1) is 0 Å². The largest absolute Gasteiger partial charge is 0.788 e. The zero-order chi connectivity index (χ0) is 9.90. The third-order valence-corrected chi connectivity index (χ3v) is 3.03. The molecule has 1 aliphatic heterocycles. The Balaban J connectivity index is 2.76. The first-order chi connectivity index (χ1) is 6.12. The quantitative estimate of drug-likeness (QED) is 0.331. The van der Waals surface area contributed by atoms with Crippen LogP contribution in [-0.2, 0) is 32.3 Å². The lowest BCUT2D eigenvalue weighted by Crippen LogP contribution is -2.47. The van der Waals surface area contributed by atoms with Crippen LogP contribution in [0, 0.1) is 0 Å². The maximum atomic E-state index is 10.9. The van der Waals surface area contributed by atoms with Gasteiger partial charge in [0.1, 0.15) is 6.42 Å². The Kier molecular flexibility index (Phi) is 2.98. The summed E-state index contributed by atoms with van der Waals surface area (Å²) in [6, 6.07) is 0. The second-order valence-corrected chi connectivity index (χ2v) is 4.29. The van der Waals surface area contributed by atoms with Gasteiger partial charge in [0, 0.05) is 14.2 Å². The molecule has 0 bridgehead atoms. The number of hydrogen-bond acceptors (Lipinski definition) is 7. The number of hydrogen-bond donors (Lipinski definition) is 0. The molecule has 1 heterocycles. The van der Waals surface area contributed by atoms with E-state index in [-0.39, 0.29) is 0 Å². The van der Waals surface area contributed by atoms with Gasteiger partial charge < -0.3 is 18.2 Å². The van der Waals surface area contributed by atoms with Crippen molar-refractivity contribution in [2.24, 2.45) is 0 Å². The highest BCUT2D eigenvalue weighted by atomic mass is 28.4. The van der Waals surface area contributed by atoms with Crippen LogP contribution in [0.3, 0.4) is 0 Å². The maximum absolute atomic E-state index is 10.9. The molecule has 74 valence electrons. The van der Waals surface area contributed by atoms with Gasteiger partial charge in [-0.2, -0.15) is 0 Å². The topological polar surface area (TPSA) is 80.3 Å². The number of rotatable bonds is 2. The van der Waals surface area contributed by atoms with Gasteiger partial charge in [0.25, 0.3) is 0 Å². The monoisotopic (exact) mass is 208 g/mol. The molecule has 7 nitrogen and oxygen atoms in total. The average Bonchev–Trinajstić information content (AvgIpc) is 2.25. The molecule has 0 aromatic carbocycles. The summed E-state index contributed by atoms with van der Waals surface area (Å²) in [5, 5.41) is 0. The van der Waals surface area contributed by atoms with E-state index >= 15 is 0 Å². The summed E-state index contributed by atoms with van der Waals surface area (Å²) in [5.74, 6) is -1.63. The van der Waals surface area contributed by atoms with E-state index in [4.69, 9.17) is 8.85 Å². The Hall–Kier alpha value is -0.963. The second kappa shape index (κ2) is 3.83. The molecule has 1 aliphatic rings. The van der Waals surface area contributed by atoms with Crippen LogP contribution in [0.25, 0.3) is 0 Å². The van der Waals surface area contributed by atoms with E-state index in [2.05, 4.69) is 13.9 Å². The molecule has 0 aromatic rings. The minimum Gasteiger partial charge on any atom is -0.450 e. The summed E-state index contributed by atoms with van der Waals surface area (Å²) in [7, 11) is -1.13. The summed E-state index contributed by atoms with van der Waals surface area (Å²) < 4.78 is 18.5. The Labute approximate surface area is 74.9 Å². The van der Waals surface area contributed by atoms with Gasteiger partial charge in [-0.05, 0) is 0 Å². The van der Waals surface area contributed by atoms with E-state index in [1.54, 1.807) is 0 Å². The van der Waals surface area contributed by atoms with Gasteiger partial charge in [-0.15, -0.1) is 4.58 Å². The molecule has 0 aromatic heterocycles. The summed E-state index contributed by atoms with van der Waals surface area (Å²) in [5.41, 5.74) is 0. The van der Waals surface area contributed by atoms with Crippen LogP contribution in [0.4, 0.5) is 0 Å². The van der Waals surface area contributed by atoms with Gasteiger partial charge in [0.15, 0.2) is 0 Å². The normalized spacial score (nSPS) is 21.7. The predicted octanol–water partition coefficient (Wildman–Crippen LogP) is -0.864. The molecule has 0 amide bonds. The molecule has 0 spiro atoms. The third-order valence-electron chi connectivity index (χ3n) is 1.26. The summed E-state index contributed by atoms with van der Waals surface area (Å²) in [6.45, 7) is 0. The Morgan fingerprint density at radius 3 is 2.38 bits per heavy atom. The van der Waals surface area contributed by atoms with Gasteiger partial charge in [0.2, 0.25) is 0 Å². The highest BCUT2D eigenvalue weighted by molar-refractivity contribution is 6.55. The number of carbonyl (C=O) groups is 2. The van der Waals surface area contributed by atoms with Crippen molar-refractivity contribution in [1.29, 1.82) is 0 Å². The second-order valence-electron chi connectivity index (χ2n) is 2.10. The van der Waals surface area contributed by atoms with Crippen molar-refractivity contribution in [2.45, 2.75) is 6.42 Å². The molecule has 0 N–H and O–H groups in total. The Morgan fingerprint density at radius 2 is 1.85 bits per heavy atom. The number of carbonyl (C=O) groups excluding carboxylic acids is 2. The predicted molar refractivity (Wildman–Crippen MR) is 37.7 cm³/mol. The van der Waals surface area contributed by atoms with Crippen molar-refractivity contribution < 1.29 is 32.3 Å². The summed E-state index contributed by atoms with van der Waals surface area (Å²) >= 11 is 0. The molecule has 8 heteroatoms. The van der Waals surface area contributed by atoms with Crippen molar-refractivity contribution in [1.82, 2.24) is 0 Å². The van der Waals surface area contributed by atoms with Crippen LogP contribution in [0.2, 0.25) is 0 Å². The zero-order valence-corrected chi connectivity index (χ0v) is 8.06. The lowest BCUT2D eigenvalue weighted by molar-refractivity contribution is -0.246. The van der Waals surface area contributed by atoms with Crippen molar-refractivity contribution in [2.75, 3.05) is 14.2 Å². The van der Waals surface area contributed by atoms with Crippen LogP contribution >= 0.6 is 0 Å². The van der Waals surface area contributed by atoms with E-state index in [0.29, 0.717) is 0 Å². The molecule has 1 rings (SSSR count). The van der Waals surface area contributed by atoms with Crippen molar-refractivity contribution in [3.05, 3.63) is 0 Å². The summed E-state index contributed by atoms with van der Waals surface area (Å²) in [4.78, 5) is 25.8. The first-order valence-corrected chi connectivity index (χ1v) is 4.96. The van der Waals surface area contributed by atoms with Gasteiger partial charge in [-0.3, -0.25) is 4.79 Å². The minimum atomic E-state index is -3.58. The van der Waals surface area contributed by atoms with E-state index in [1.807, 2.05) is 0 Å². The zero-order valence-electron chi connectivity index (χ0n) is 7.06. The molecule has 13 heavy (non-hydrogen) atoms. The van der Waals surface area contributed by atoms with Crippen LogP contribution in [0.5, 0.6) is 0 Å². The minimum absolute atomic E-state index is 0.512. The van der Waals surface area contributed by atoms with Crippen LogP contribution < -0.4 is 0 Å². The fourth-order valence-electron chi connectivity index (χ4n) is 0.672. The van der Waals surface area contributed by atoms with Crippen LogP contribution in [-0.4, -0.2) is 35.2 Å². The Morgan fingerprint density at radius 1 is 1.23 bits per heavy atom. The lowest BCUT2D eigenvalue weighted by atomic mass is 10.5. The smallest absolute Gasteiger partial charge is 0.450 e. The van der Waals surface area contributed by atoms with Crippen LogP contribution in [0.1, 0.15) is 6.42 Å². The standard InChI is InChI=1S/C5H8O7Si/c1-8-13(9-2)11-5(7)3-4(6)10-12-13/h3H2,1-2H3. The molecule has 0 unspecified atom stereocenters. The average molecular weight is 208 g/mol. The lowest BCUT2D eigenvalue weighted by Gasteiger charge is -2.18. The molecule has 0 radical (unpaired) electrons. The third kappa shape index (κ3) is 2.25. The van der Waals surface area contributed by atoms with E-state index in [0.717, 1.165) is 0 Å². The molecule has 0 atom stereocenters. The maximum Gasteiger partial charge on any atom is 0.788 e. The van der Waals surface area contributed by atoms with Crippen molar-refractivity contribution in [3.63, 3.8) is 0 Å². The fraction of sp³-hybridized carbons (Fsp3) is 0.600. The van der Waals surface area contributed by atoms with Crippen molar-refractivity contribution in [3.8, 4) is 0 Å². The summed E-state index contributed by atoms with van der Waals surface area (Å²) in [6.07, 6.45) is -0.512. The SMILES string of the molecule is CO[Si]1(OC)OOC(=O)CC(=O)O1. The van der Waals surface area contributed by atoms with Gasteiger partial charge >= 0.3 is 21.0 Å². The van der Waals surface area contributed by atoms with Gasteiger partial charge in [-0.1, -0.05) is 0 Å². The highest BCUT2D eigenvalue weighted by Gasteiger charge is 2.53. The molecule has 0 saturated carbocycles. The molecular formula is C5H8O7Si. The van der Waals surface area contributed by atoms with E-state index < -0.39 is 27.4 Å². The molecule has 0 aliphatic carbocycles. The molecule has 1 saturated heterocycles. The van der Waals surface area contributed by atoms with Crippen molar-refractivity contribution >= 4 is 21.0 Å². The molecule has 1 fully saturated rings. The molecular weight excluding hydrogens is 200 g/mol. The van der Waals surface area contributed by atoms with Crippen LogP contribution in [0.15, 0.2) is 0 Å². The van der Waals surface area contributed by atoms with E-state index in [9.17, 15) is 9.59 Å². The first kappa shape index (κ1) is 10.1. The van der Waals surface area contributed by atoms with E-state index in [1.165, 1.54) is 14.2 Å². The highest BCUT2D eigenvalue weighted by Crippen LogP contribution is 2.15. The Bertz CT molecular complexity index is 223. The fourth-order valence-corrected chi connectivity index (χ4v) is 1.72. The van der Waals surface area contributed by atoms with Gasteiger partial charge in [-0.25, -0.2) is 4.79 Å². The first-order valence-electron chi connectivity index (χ1n) is 3.32.